The monoisotopic (exact) mass is 229 g/mol. The van der Waals surface area contributed by atoms with E-state index in [0.29, 0.717) is 13.2 Å². The molecule has 0 aromatic heterocycles. The van der Waals surface area contributed by atoms with E-state index in [-0.39, 0.29) is 0 Å². The van der Waals surface area contributed by atoms with Crippen molar-refractivity contribution in [3.63, 3.8) is 0 Å². The van der Waals surface area contributed by atoms with Crippen molar-refractivity contribution < 1.29 is 10.0 Å². The fraction of sp³-hybridized carbons (Fsp3) is 0.143. The van der Waals surface area contributed by atoms with E-state index in [4.69, 9.17) is 4.84 Å². The van der Waals surface area contributed by atoms with Crippen molar-refractivity contribution in [1.82, 2.24) is 5.23 Å². The van der Waals surface area contributed by atoms with Crippen molar-refractivity contribution in [2.24, 2.45) is 0 Å². The van der Waals surface area contributed by atoms with Crippen molar-refractivity contribution in [3.05, 3.63) is 71.8 Å². The van der Waals surface area contributed by atoms with Gasteiger partial charge in [0, 0.05) is 0 Å². The predicted molar refractivity (Wildman–Crippen MR) is 65.0 cm³/mol. The fourth-order valence-electron chi connectivity index (χ4n) is 1.51. The third-order valence-corrected chi connectivity index (χ3v) is 2.38. The third kappa shape index (κ3) is 4.00. The Morgan fingerprint density at radius 3 is 1.94 bits per heavy atom. The number of nitrogens with zero attached hydrogens (tertiary/aromatic N) is 1. The Balaban J connectivity index is 1.80. The van der Waals surface area contributed by atoms with Gasteiger partial charge in [-0.3, -0.25) is 10.0 Å². The van der Waals surface area contributed by atoms with E-state index >= 15 is 0 Å². The van der Waals surface area contributed by atoms with E-state index in [1.807, 2.05) is 60.7 Å². The molecule has 0 atom stereocenters. The first-order chi connectivity index (χ1) is 8.34. The lowest BCUT2D eigenvalue weighted by Crippen LogP contribution is -2.18. The molecule has 0 aliphatic heterocycles. The highest BCUT2D eigenvalue weighted by Crippen LogP contribution is 2.06. The van der Waals surface area contributed by atoms with Gasteiger partial charge in [0.15, 0.2) is 0 Å². The van der Waals surface area contributed by atoms with Gasteiger partial charge in [-0.2, -0.15) is 0 Å². The summed E-state index contributed by atoms with van der Waals surface area (Å²) in [7, 11) is 0. The first-order valence-electron chi connectivity index (χ1n) is 5.52. The van der Waals surface area contributed by atoms with E-state index in [2.05, 4.69) is 0 Å². The molecule has 1 N–H and O–H groups in total. The van der Waals surface area contributed by atoms with Crippen LogP contribution >= 0.6 is 0 Å². The van der Waals surface area contributed by atoms with Gasteiger partial charge >= 0.3 is 0 Å². The van der Waals surface area contributed by atoms with Crippen LogP contribution in [0.15, 0.2) is 60.7 Å². The van der Waals surface area contributed by atoms with Crippen molar-refractivity contribution >= 4 is 0 Å². The molecule has 3 heteroatoms. The van der Waals surface area contributed by atoms with Gasteiger partial charge < -0.3 is 0 Å². The first-order valence-corrected chi connectivity index (χ1v) is 5.52. The van der Waals surface area contributed by atoms with E-state index < -0.39 is 0 Å². The van der Waals surface area contributed by atoms with Gasteiger partial charge in [-0.05, 0) is 11.1 Å². The summed E-state index contributed by atoms with van der Waals surface area (Å²) in [6, 6.07) is 19.4. The number of benzene rings is 2. The van der Waals surface area contributed by atoms with Gasteiger partial charge in [0.25, 0.3) is 0 Å². The Morgan fingerprint density at radius 1 is 0.824 bits per heavy atom. The highest BCUT2D eigenvalue weighted by Gasteiger charge is 2.02. The van der Waals surface area contributed by atoms with E-state index in [0.717, 1.165) is 16.4 Å². The molecule has 2 aromatic carbocycles. The highest BCUT2D eigenvalue weighted by molar-refractivity contribution is 5.14. The molecule has 0 saturated carbocycles. The molecule has 0 fully saturated rings. The van der Waals surface area contributed by atoms with Crippen LogP contribution in [0.25, 0.3) is 0 Å². The number of hydrogen-bond acceptors (Lipinski definition) is 3. The lowest BCUT2D eigenvalue weighted by atomic mass is 10.2. The Hall–Kier alpha value is -1.68. The van der Waals surface area contributed by atoms with Crippen LogP contribution < -0.4 is 0 Å². The van der Waals surface area contributed by atoms with Gasteiger partial charge in [-0.25, -0.2) is 0 Å². The summed E-state index contributed by atoms with van der Waals surface area (Å²) < 4.78 is 0. The van der Waals surface area contributed by atoms with Gasteiger partial charge in [0.1, 0.15) is 0 Å². The second-order valence-electron chi connectivity index (χ2n) is 3.75. The standard InChI is InChI=1S/C14H15NO2/c16-15(11-13-7-3-1-4-8-13)17-12-14-9-5-2-6-10-14/h1-10,16H,11-12H2. The highest BCUT2D eigenvalue weighted by atomic mass is 16.9. The maximum Gasteiger partial charge on any atom is 0.0962 e. The smallest absolute Gasteiger partial charge is 0.0962 e. The average Bonchev–Trinajstić information content (AvgIpc) is 2.39. The number of hydrogen-bond donors (Lipinski definition) is 1. The average molecular weight is 229 g/mol. The summed E-state index contributed by atoms with van der Waals surface area (Å²) >= 11 is 0. The molecule has 0 bridgehead atoms. The molecule has 2 rings (SSSR count). The van der Waals surface area contributed by atoms with E-state index in [9.17, 15) is 5.21 Å². The van der Waals surface area contributed by atoms with Crippen LogP contribution in [0.5, 0.6) is 0 Å². The maximum atomic E-state index is 9.58. The normalized spacial score (nSPS) is 10.7. The fourth-order valence-corrected chi connectivity index (χ4v) is 1.51. The zero-order valence-corrected chi connectivity index (χ0v) is 9.49. The molecule has 0 unspecified atom stereocenters. The molecular formula is C14H15NO2. The van der Waals surface area contributed by atoms with Crippen molar-refractivity contribution in [3.8, 4) is 0 Å². The van der Waals surface area contributed by atoms with Crippen LogP contribution in [0.4, 0.5) is 0 Å². The number of rotatable bonds is 5. The van der Waals surface area contributed by atoms with Gasteiger partial charge in [-0.1, -0.05) is 65.9 Å². The molecule has 0 spiro atoms. The molecule has 0 radical (unpaired) electrons. The molecule has 2 aromatic rings. The Kier molecular flexibility index (Phi) is 4.27. The van der Waals surface area contributed by atoms with Crippen LogP contribution in [0.3, 0.4) is 0 Å². The minimum absolute atomic E-state index is 0.355. The summed E-state index contributed by atoms with van der Waals surface area (Å²) in [5.41, 5.74) is 2.03. The van der Waals surface area contributed by atoms with Crippen LogP contribution in [0, 0.1) is 0 Å². The molecule has 0 aliphatic carbocycles. The van der Waals surface area contributed by atoms with Crippen molar-refractivity contribution in [1.29, 1.82) is 0 Å². The summed E-state index contributed by atoms with van der Waals surface area (Å²) in [5.74, 6) is 0. The van der Waals surface area contributed by atoms with Gasteiger partial charge in [0.2, 0.25) is 0 Å². The van der Waals surface area contributed by atoms with Gasteiger partial charge in [0.05, 0.1) is 13.2 Å². The SMILES string of the molecule is ON(Cc1ccccc1)OCc1ccccc1. The van der Waals surface area contributed by atoms with Crippen LogP contribution in [0.1, 0.15) is 11.1 Å². The van der Waals surface area contributed by atoms with Crippen LogP contribution in [-0.2, 0) is 18.0 Å². The quantitative estimate of drug-likeness (QED) is 0.800. The summed E-state index contributed by atoms with van der Waals surface area (Å²) in [6.45, 7) is 0.720. The molecule has 0 aliphatic rings. The second-order valence-corrected chi connectivity index (χ2v) is 3.75. The Bertz CT molecular complexity index is 430. The van der Waals surface area contributed by atoms with Crippen LogP contribution in [0.2, 0.25) is 0 Å². The van der Waals surface area contributed by atoms with Crippen LogP contribution in [-0.4, -0.2) is 10.4 Å². The topological polar surface area (TPSA) is 32.7 Å². The number of hydroxylamine groups is 2. The van der Waals surface area contributed by atoms with E-state index in [1.165, 1.54) is 0 Å². The Labute approximate surface area is 101 Å². The lowest BCUT2D eigenvalue weighted by Gasteiger charge is -2.14. The minimum atomic E-state index is 0.355. The lowest BCUT2D eigenvalue weighted by molar-refractivity contribution is -0.354. The minimum Gasteiger partial charge on any atom is -0.289 e. The molecule has 0 amide bonds. The molecule has 0 heterocycles. The molecule has 3 nitrogen and oxygen atoms in total. The second kappa shape index (κ2) is 6.15. The van der Waals surface area contributed by atoms with Crippen molar-refractivity contribution in [2.75, 3.05) is 0 Å². The zero-order chi connectivity index (χ0) is 11.9. The predicted octanol–water partition coefficient (Wildman–Crippen LogP) is 3.01. The molecule has 17 heavy (non-hydrogen) atoms. The maximum absolute atomic E-state index is 9.58. The largest absolute Gasteiger partial charge is 0.289 e. The third-order valence-electron chi connectivity index (χ3n) is 2.38. The van der Waals surface area contributed by atoms with E-state index in [1.54, 1.807) is 0 Å². The Morgan fingerprint density at radius 2 is 1.35 bits per heavy atom. The van der Waals surface area contributed by atoms with Gasteiger partial charge in [-0.15, -0.1) is 0 Å². The summed E-state index contributed by atoms with van der Waals surface area (Å²) in [6.07, 6.45) is 0. The van der Waals surface area contributed by atoms with Crippen molar-refractivity contribution in [2.45, 2.75) is 13.2 Å². The molecular weight excluding hydrogens is 214 g/mol. The summed E-state index contributed by atoms with van der Waals surface area (Å²) in [4.78, 5) is 5.22. The molecule has 0 saturated heterocycles. The molecule has 88 valence electrons. The summed E-state index contributed by atoms with van der Waals surface area (Å²) in [5, 5.41) is 10.4. The zero-order valence-electron chi connectivity index (χ0n) is 9.49. The first kappa shape index (κ1) is 11.8.